The number of rotatable bonds is 5. The molecule has 0 N–H and O–H groups in total. The van der Waals surface area contributed by atoms with Crippen LogP contribution < -0.4 is 4.74 Å². The van der Waals surface area contributed by atoms with Crippen LogP contribution in [0.25, 0.3) is 23.1 Å². The first kappa shape index (κ1) is 20.4. The molecule has 0 unspecified atom stereocenters. The van der Waals surface area contributed by atoms with Crippen molar-refractivity contribution in [3.8, 4) is 5.75 Å². The Morgan fingerprint density at radius 1 is 1.16 bits per heavy atom. The lowest BCUT2D eigenvalue weighted by molar-refractivity contribution is -0.137. The van der Waals surface area contributed by atoms with Gasteiger partial charge in [0.1, 0.15) is 24.3 Å². The molecular weight excluding hydrogens is 411 g/mol. The molecule has 0 saturated carbocycles. The number of nitrogens with zero attached hydrogens (tertiary/aromatic N) is 3. The third kappa shape index (κ3) is 4.66. The molecular formula is C22H16F3N3O3. The molecule has 0 fully saturated rings. The topological polar surface area (TPSA) is 70.2 Å². The van der Waals surface area contributed by atoms with Crippen molar-refractivity contribution < 1.29 is 27.1 Å². The third-order valence-electron chi connectivity index (χ3n) is 4.45. The average molecular weight is 427 g/mol. The minimum atomic E-state index is -4.36. The molecule has 0 spiro atoms. The van der Waals surface area contributed by atoms with Crippen LogP contribution in [0, 0.1) is 0 Å². The lowest BCUT2D eigenvalue weighted by atomic mass is 10.1. The normalized spacial score (nSPS) is 12.0. The monoisotopic (exact) mass is 427 g/mol. The van der Waals surface area contributed by atoms with E-state index in [1.54, 1.807) is 36.5 Å². The molecule has 0 bridgehead atoms. The van der Waals surface area contributed by atoms with Gasteiger partial charge in [0, 0.05) is 18.4 Å². The smallest absolute Gasteiger partial charge is 0.416 e. The molecule has 9 heteroatoms. The zero-order valence-corrected chi connectivity index (χ0v) is 16.3. The summed E-state index contributed by atoms with van der Waals surface area (Å²) in [5.74, 6) is 0.709. The molecule has 2 heterocycles. The maximum absolute atomic E-state index is 12.6. The standard InChI is InChI=1S/C22H16F3N3O3/c1-14(29)28-20-8-7-19(10-16(20)11-26-28)30-12-18-13-31-21(27-18)9-4-15-2-5-17(6-3-15)22(23,24)25/h2-11,13H,12H2,1H3/b9-4+. The predicted octanol–water partition coefficient (Wildman–Crippen LogP) is 5.45. The second kappa shape index (κ2) is 8.10. The van der Waals surface area contributed by atoms with Gasteiger partial charge in [-0.25, -0.2) is 9.67 Å². The van der Waals surface area contributed by atoms with E-state index in [4.69, 9.17) is 9.15 Å². The summed E-state index contributed by atoms with van der Waals surface area (Å²) in [5, 5.41) is 4.81. The first-order valence-electron chi connectivity index (χ1n) is 9.21. The second-order valence-corrected chi connectivity index (χ2v) is 6.71. The van der Waals surface area contributed by atoms with Crippen LogP contribution in [0.3, 0.4) is 0 Å². The fourth-order valence-electron chi connectivity index (χ4n) is 2.93. The van der Waals surface area contributed by atoms with Gasteiger partial charge in [-0.1, -0.05) is 12.1 Å². The average Bonchev–Trinajstić information content (AvgIpc) is 3.37. The Labute approximate surface area is 174 Å². The van der Waals surface area contributed by atoms with Crippen molar-refractivity contribution in [2.75, 3.05) is 0 Å². The van der Waals surface area contributed by atoms with Crippen LogP contribution in [-0.2, 0) is 12.8 Å². The van der Waals surface area contributed by atoms with Crippen molar-refractivity contribution in [3.05, 3.63) is 77.6 Å². The van der Waals surface area contributed by atoms with Crippen molar-refractivity contribution in [3.63, 3.8) is 0 Å². The highest BCUT2D eigenvalue weighted by Gasteiger charge is 2.29. The summed E-state index contributed by atoms with van der Waals surface area (Å²) in [4.78, 5) is 15.8. The minimum absolute atomic E-state index is 0.157. The van der Waals surface area contributed by atoms with Gasteiger partial charge in [0.05, 0.1) is 17.3 Å². The molecule has 4 aromatic rings. The van der Waals surface area contributed by atoms with Gasteiger partial charge in [0.15, 0.2) is 0 Å². The minimum Gasteiger partial charge on any atom is -0.487 e. The van der Waals surface area contributed by atoms with Crippen LogP contribution in [0.15, 0.2) is 59.3 Å². The fraction of sp³-hybridized carbons (Fsp3) is 0.136. The van der Waals surface area contributed by atoms with Gasteiger partial charge in [-0.3, -0.25) is 4.79 Å². The molecule has 0 radical (unpaired) electrons. The predicted molar refractivity (Wildman–Crippen MR) is 107 cm³/mol. The number of hydrogen-bond acceptors (Lipinski definition) is 5. The Morgan fingerprint density at radius 2 is 1.94 bits per heavy atom. The lowest BCUT2D eigenvalue weighted by Crippen LogP contribution is -2.06. The SMILES string of the molecule is CC(=O)n1ncc2cc(OCc3coc(/C=C/c4ccc(C(F)(F)F)cc4)n3)ccc21. The number of aromatic nitrogens is 3. The molecule has 0 aliphatic rings. The number of oxazole rings is 1. The van der Waals surface area contributed by atoms with Crippen molar-refractivity contribution in [2.24, 2.45) is 0 Å². The summed E-state index contributed by atoms with van der Waals surface area (Å²) in [7, 11) is 0. The summed E-state index contributed by atoms with van der Waals surface area (Å²) >= 11 is 0. The van der Waals surface area contributed by atoms with E-state index >= 15 is 0 Å². The van der Waals surface area contributed by atoms with Crippen molar-refractivity contribution in [1.82, 2.24) is 14.8 Å². The van der Waals surface area contributed by atoms with Gasteiger partial charge in [-0.2, -0.15) is 18.3 Å². The summed E-state index contributed by atoms with van der Waals surface area (Å²) < 4.78 is 50.2. The first-order chi connectivity index (χ1) is 14.8. The molecule has 0 saturated heterocycles. The van der Waals surface area contributed by atoms with E-state index in [0.29, 0.717) is 28.4 Å². The van der Waals surface area contributed by atoms with Crippen LogP contribution in [0.4, 0.5) is 13.2 Å². The van der Waals surface area contributed by atoms with E-state index in [-0.39, 0.29) is 12.5 Å². The van der Waals surface area contributed by atoms with Gasteiger partial charge in [-0.05, 0) is 42.0 Å². The van der Waals surface area contributed by atoms with Gasteiger partial charge >= 0.3 is 6.18 Å². The highest BCUT2D eigenvalue weighted by molar-refractivity contribution is 5.90. The Morgan fingerprint density at radius 3 is 2.65 bits per heavy atom. The van der Waals surface area contributed by atoms with Gasteiger partial charge < -0.3 is 9.15 Å². The Balaban J connectivity index is 1.38. The maximum Gasteiger partial charge on any atom is 0.416 e. The Bertz CT molecular complexity index is 1250. The summed E-state index contributed by atoms with van der Waals surface area (Å²) in [6.07, 6.45) is 1.84. The second-order valence-electron chi connectivity index (χ2n) is 6.71. The third-order valence-corrected chi connectivity index (χ3v) is 4.45. The van der Waals surface area contributed by atoms with E-state index in [0.717, 1.165) is 17.5 Å². The number of carbonyl (C=O) groups is 1. The van der Waals surface area contributed by atoms with Crippen LogP contribution in [-0.4, -0.2) is 20.7 Å². The van der Waals surface area contributed by atoms with Crippen molar-refractivity contribution in [1.29, 1.82) is 0 Å². The summed E-state index contributed by atoms with van der Waals surface area (Å²) in [5.41, 5.74) is 1.12. The van der Waals surface area contributed by atoms with Crippen LogP contribution in [0.2, 0.25) is 0 Å². The zero-order chi connectivity index (χ0) is 22.0. The lowest BCUT2D eigenvalue weighted by Gasteiger charge is -2.05. The summed E-state index contributed by atoms with van der Waals surface area (Å²) in [6.45, 7) is 1.59. The van der Waals surface area contributed by atoms with Crippen molar-refractivity contribution in [2.45, 2.75) is 19.7 Å². The van der Waals surface area contributed by atoms with E-state index in [9.17, 15) is 18.0 Å². The molecule has 0 atom stereocenters. The quantitative estimate of drug-likeness (QED) is 0.423. The first-order valence-corrected chi connectivity index (χ1v) is 9.21. The van der Waals surface area contributed by atoms with E-state index in [1.807, 2.05) is 0 Å². The molecule has 2 aromatic carbocycles. The van der Waals surface area contributed by atoms with Gasteiger partial charge in [0.25, 0.3) is 0 Å². The molecule has 31 heavy (non-hydrogen) atoms. The van der Waals surface area contributed by atoms with E-state index < -0.39 is 11.7 Å². The van der Waals surface area contributed by atoms with Crippen LogP contribution in [0.1, 0.15) is 34.4 Å². The Hall–Kier alpha value is -3.88. The molecule has 158 valence electrons. The largest absolute Gasteiger partial charge is 0.487 e. The van der Waals surface area contributed by atoms with E-state index in [1.165, 1.54) is 30.0 Å². The highest BCUT2D eigenvalue weighted by Crippen LogP contribution is 2.29. The number of carbonyl (C=O) groups excluding carboxylic acids is 1. The molecule has 4 rings (SSSR count). The number of halogens is 3. The highest BCUT2D eigenvalue weighted by atomic mass is 19.4. The molecule has 0 aliphatic carbocycles. The van der Waals surface area contributed by atoms with Crippen molar-refractivity contribution >= 4 is 29.0 Å². The number of ether oxygens (including phenoxy) is 1. The molecule has 0 amide bonds. The zero-order valence-electron chi connectivity index (χ0n) is 16.3. The summed E-state index contributed by atoms with van der Waals surface area (Å²) in [6, 6.07) is 10.0. The molecule has 6 nitrogen and oxygen atoms in total. The van der Waals surface area contributed by atoms with E-state index in [2.05, 4.69) is 10.1 Å². The number of alkyl halides is 3. The number of benzene rings is 2. The molecule has 0 aliphatic heterocycles. The Kier molecular flexibility index (Phi) is 5.33. The fourth-order valence-corrected chi connectivity index (χ4v) is 2.93. The molecule has 2 aromatic heterocycles. The van der Waals surface area contributed by atoms with Crippen LogP contribution >= 0.6 is 0 Å². The number of hydrogen-bond donors (Lipinski definition) is 0. The van der Waals surface area contributed by atoms with Crippen LogP contribution in [0.5, 0.6) is 5.75 Å². The van der Waals surface area contributed by atoms with Gasteiger partial charge in [0.2, 0.25) is 11.8 Å². The van der Waals surface area contributed by atoms with Gasteiger partial charge in [-0.15, -0.1) is 0 Å². The number of fused-ring (bicyclic) bond motifs is 1. The maximum atomic E-state index is 12.6.